The van der Waals surface area contributed by atoms with E-state index in [1.165, 1.54) is 23.4 Å². The molecular weight excluding hydrogens is 423 g/mol. The van der Waals surface area contributed by atoms with Gasteiger partial charge in [-0.2, -0.15) is 5.10 Å². The molecule has 1 saturated carbocycles. The zero-order valence-corrected chi connectivity index (χ0v) is 18.3. The van der Waals surface area contributed by atoms with Gasteiger partial charge in [-0.25, -0.2) is 14.1 Å². The van der Waals surface area contributed by atoms with Crippen LogP contribution in [-0.2, 0) is 17.8 Å². The van der Waals surface area contributed by atoms with Crippen molar-refractivity contribution in [2.24, 2.45) is 0 Å². The first-order valence-corrected chi connectivity index (χ1v) is 11.5. The molecule has 2 heterocycles. The van der Waals surface area contributed by atoms with Gasteiger partial charge in [-0.15, -0.1) is 0 Å². The van der Waals surface area contributed by atoms with Gasteiger partial charge in [0.25, 0.3) is 0 Å². The molecule has 33 heavy (non-hydrogen) atoms. The van der Waals surface area contributed by atoms with Gasteiger partial charge in [-0.3, -0.25) is 4.79 Å². The Morgan fingerprint density at radius 1 is 1.15 bits per heavy atom. The zero-order valence-electron chi connectivity index (χ0n) is 18.3. The van der Waals surface area contributed by atoms with Crippen molar-refractivity contribution in [2.75, 3.05) is 0 Å². The Morgan fingerprint density at radius 3 is 2.79 bits per heavy atom. The highest BCUT2D eigenvalue weighted by Gasteiger charge is 2.26. The Bertz CT molecular complexity index is 1100. The van der Waals surface area contributed by atoms with Crippen molar-refractivity contribution in [3.05, 3.63) is 72.1 Å². The van der Waals surface area contributed by atoms with Crippen LogP contribution in [0.5, 0.6) is 11.5 Å². The molecule has 1 amide bonds. The Labute approximate surface area is 191 Å². The Morgan fingerprint density at radius 2 is 2.00 bits per heavy atom. The van der Waals surface area contributed by atoms with Crippen LogP contribution >= 0.6 is 0 Å². The Balaban J connectivity index is 1.12. The number of hydrogen-bond donors (Lipinski definition) is 1. The van der Waals surface area contributed by atoms with Crippen molar-refractivity contribution in [1.82, 2.24) is 20.1 Å². The third kappa shape index (κ3) is 5.16. The Kier molecular flexibility index (Phi) is 6.24. The summed E-state index contributed by atoms with van der Waals surface area (Å²) in [5, 5.41) is 7.04. The molecule has 2 aliphatic rings. The molecule has 1 N–H and O–H groups in total. The monoisotopic (exact) mass is 450 g/mol. The average Bonchev–Trinajstić information content (AvgIpc) is 3.33. The molecule has 1 unspecified atom stereocenters. The van der Waals surface area contributed by atoms with Crippen molar-refractivity contribution in [2.45, 2.75) is 63.3 Å². The number of benzene rings is 2. The maximum absolute atomic E-state index is 14.1. The van der Waals surface area contributed by atoms with Crippen molar-refractivity contribution >= 4 is 5.91 Å². The predicted octanol–water partition coefficient (Wildman–Crippen LogP) is 3.99. The molecule has 5 rings (SSSR count). The van der Waals surface area contributed by atoms with Gasteiger partial charge in [0.15, 0.2) is 0 Å². The summed E-state index contributed by atoms with van der Waals surface area (Å²) < 4.78 is 28.0. The standard InChI is InChI=1S/C25H27FN4O3/c26-22-4-2-1-3-21(22)24-11-5-17-13-20(10-12-23(17)33-24)32-19-8-6-18(7-9-19)29-25(31)14-30-16-27-15-28-30/h1-4,10,12-13,15-16,18-19,24H,5-9,11,14H2,(H,29,31). The minimum atomic E-state index is -0.263. The van der Waals surface area contributed by atoms with E-state index in [-0.39, 0.29) is 36.5 Å². The van der Waals surface area contributed by atoms with Crippen LogP contribution in [0, 0.1) is 5.82 Å². The number of carbonyl (C=O) groups is 1. The number of aryl methyl sites for hydroxylation is 1. The van der Waals surface area contributed by atoms with Crippen molar-refractivity contribution in [1.29, 1.82) is 0 Å². The third-order valence-electron chi connectivity index (χ3n) is 6.34. The lowest BCUT2D eigenvalue weighted by atomic mass is 9.92. The van der Waals surface area contributed by atoms with Gasteiger partial charge in [0, 0.05) is 11.6 Å². The van der Waals surface area contributed by atoms with E-state index in [1.54, 1.807) is 12.1 Å². The van der Waals surface area contributed by atoms with Crippen molar-refractivity contribution < 1.29 is 18.7 Å². The van der Waals surface area contributed by atoms with E-state index in [1.807, 2.05) is 24.3 Å². The van der Waals surface area contributed by atoms with E-state index >= 15 is 0 Å². The summed E-state index contributed by atoms with van der Waals surface area (Å²) in [4.78, 5) is 16.0. The highest BCUT2D eigenvalue weighted by Crippen LogP contribution is 2.38. The maximum atomic E-state index is 14.1. The quantitative estimate of drug-likeness (QED) is 0.614. The van der Waals surface area contributed by atoms with E-state index in [0.717, 1.165) is 55.6 Å². The van der Waals surface area contributed by atoms with E-state index in [2.05, 4.69) is 15.4 Å². The topological polar surface area (TPSA) is 78.3 Å². The highest BCUT2D eigenvalue weighted by molar-refractivity contribution is 5.75. The lowest BCUT2D eigenvalue weighted by Gasteiger charge is -2.30. The molecule has 1 atom stereocenters. The summed E-state index contributed by atoms with van der Waals surface area (Å²) in [5.41, 5.74) is 1.70. The fraction of sp³-hybridized carbons (Fsp3) is 0.400. The molecular formula is C25H27FN4O3. The fourth-order valence-corrected chi connectivity index (χ4v) is 4.65. The lowest BCUT2D eigenvalue weighted by Crippen LogP contribution is -2.41. The van der Waals surface area contributed by atoms with E-state index in [4.69, 9.17) is 9.47 Å². The number of aromatic nitrogens is 3. The lowest BCUT2D eigenvalue weighted by molar-refractivity contribution is -0.122. The van der Waals surface area contributed by atoms with Crippen LogP contribution in [-0.4, -0.2) is 32.8 Å². The summed E-state index contributed by atoms with van der Waals surface area (Å²) in [6.07, 6.45) is 7.90. The number of fused-ring (bicyclic) bond motifs is 1. The van der Waals surface area contributed by atoms with Gasteiger partial charge in [0.05, 0.1) is 6.10 Å². The number of amides is 1. The van der Waals surface area contributed by atoms with E-state index in [0.29, 0.717) is 5.56 Å². The first-order valence-electron chi connectivity index (χ1n) is 11.5. The zero-order chi connectivity index (χ0) is 22.6. The van der Waals surface area contributed by atoms with Crippen LogP contribution in [0.15, 0.2) is 55.1 Å². The number of carbonyl (C=O) groups excluding carboxylic acids is 1. The van der Waals surface area contributed by atoms with Crippen LogP contribution in [0.1, 0.15) is 49.3 Å². The molecule has 0 spiro atoms. The molecule has 3 aromatic rings. The fourth-order valence-electron chi connectivity index (χ4n) is 4.65. The molecule has 8 heteroatoms. The Hall–Kier alpha value is -3.42. The number of halogens is 1. The number of nitrogens with zero attached hydrogens (tertiary/aromatic N) is 3. The first-order chi connectivity index (χ1) is 16.1. The van der Waals surface area contributed by atoms with E-state index in [9.17, 15) is 9.18 Å². The summed E-state index contributed by atoms with van der Waals surface area (Å²) in [5.74, 6) is 1.35. The van der Waals surface area contributed by atoms with Crippen LogP contribution in [0.2, 0.25) is 0 Å². The summed E-state index contributed by atoms with van der Waals surface area (Å²) in [6.45, 7) is 0.186. The minimum absolute atomic E-state index is 0.0479. The second-order valence-corrected chi connectivity index (χ2v) is 8.69. The third-order valence-corrected chi connectivity index (χ3v) is 6.34. The van der Waals surface area contributed by atoms with Crippen molar-refractivity contribution in [3.8, 4) is 11.5 Å². The van der Waals surface area contributed by atoms with Crippen LogP contribution in [0.4, 0.5) is 4.39 Å². The van der Waals surface area contributed by atoms with Crippen LogP contribution in [0.3, 0.4) is 0 Å². The number of hydrogen-bond acceptors (Lipinski definition) is 5. The molecule has 1 fully saturated rings. The molecule has 172 valence electrons. The predicted molar refractivity (Wildman–Crippen MR) is 119 cm³/mol. The molecule has 0 bridgehead atoms. The molecule has 7 nitrogen and oxygen atoms in total. The largest absolute Gasteiger partial charge is 0.490 e. The van der Waals surface area contributed by atoms with Gasteiger partial charge >= 0.3 is 0 Å². The first kappa shape index (κ1) is 21.4. The number of ether oxygens (including phenoxy) is 2. The smallest absolute Gasteiger partial charge is 0.242 e. The highest BCUT2D eigenvalue weighted by atomic mass is 19.1. The van der Waals surface area contributed by atoms with Crippen LogP contribution in [0.25, 0.3) is 0 Å². The molecule has 1 aliphatic carbocycles. The minimum Gasteiger partial charge on any atom is -0.490 e. The SMILES string of the molecule is O=C(Cn1cncn1)NC1CCC(Oc2ccc3c(c2)CCC(c2ccccc2F)O3)CC1. The van der Waals surface area contributed by atoms with Gasteiger partial charge in [0.1, 0.15) is 42.6 Å². The molecule has 2 aromatic carbocycles. The van der Waals surface area contributed by atoms with Crippen LogP contribution < -0.4 is 14.8 Å². The second kappa shape index (κ2) is 9.60. The van der Waals surface area contributed by atoms with Crippen molar-refractivity contribution in [3.63, 3.8) is 0 Å². The maximum Gasteiger partial charge on any atom is 0.242 e. The molecule has 1 aromatic heterocycles. The van der Waals surface area contributed by atoms with E-state index < -0.39 is 0 Å². The number of nitrogens with one attached hydrogen (secondary N) is 1. The molecule has 0 radical (unpaired) electrons. The van der Waals surface area contributed by atoms with Gasteiger partial charge in [-0.1, -0.05) is 18.2 Å². The number of rotatable bonds is 6. The summed E-state index contributed by atoms with van der Waals surface area (Å²) in [7, 11) is 0. The summed E-state index contributed by atoms with van der Waals surface area (Å²) >= 11 is 0. The average molecular weight is 451 g/mol. The molecule has 0 saturated heterocycles. The van der Waals surface area contributed by atoms with Gasteiger partial charge in [0.2, 0.25) is 5.91 Å². The van der Waals surface area contributed by atoms with Gasteiger partial charge in [-0.05, 0) is 68.4 Å². The summed E-state index contributed by atoms with van der Waals surface area (Å²) in [6, 6.07) is 12.8. The second-order valence-electron chi connectivity index (χ2n) is 8.69. The normalized spacial score (nSPS) is 22.2. The van der Waals surface area contributed by atoms with Gasteiger partial charge < -0.3 is 14.8 Å². The molecule has 1 aliphatic heterocycles.